The first-order valence-corrected chi connectivity index (χ1v) is 8.79. The van der Waals surface area contributed by atoms with E-state index in [1.165, 1.54) is 23.5 Å². The monoisotopic (exact) mass is 392 g/mol. The van der Waals surface area contributed by atoms with Crippen LogP contribution in [0.2, 0.25) is 0 Å². The molecule has 0 saturated carbocycles. The van der Waals surface area contributed by atoms with Gasteiger partial charge in [0, 0.05) is 12.6 Å². The number of sulfonamides is 1. The maximum Gasteiger partial charge on any atom is 0.280 e. The van der Waals surface area contributed by atoms with Crippen LogP contribution in [-0.2, 0) is 10.0 Å². The Morgan fingerprint density at radius 3 is 2.35 bits per heavy atom. The summed E-state index contributed by atoms with van der Waals surface area (Å²) in [7, 11) is -2.33. The van der Waals surface area contributed by atoms with E-state index in [9.17, 15) is 13.2 Å². The number of nitrogens with two attached hydrogens (primary N) is 2. The second-order valence-corrected chi connectivity index (χ2v) is 7.40. The van der Waals surface area contributed by atoms with Gasteiger partial charge < -0.3 is 11.5 Å². The maximum absolute atomic E-state index is 12.9. The lowest BCUT2D eigenvalue weighted by atomic mass is 10.1. The van der Waals surface area contributed by atoms with Gasteiger partial charge in [-0.1, -0.05) is 36.4 Å². The first-order chi connectivity index (χ1) is 11.8. The second kappa shape index (κ2) is 7.19. The van der Waals surface area contributed by atoms with E-state index in [-0.39, 0.29) is 28.8 Å². The molecule has 0 radical (unpaired) electrons. The number of hydrogen-bond donors (Lipinski definition) is 2. The fourth-order valence-corrected chi connectivity index (χ4v) is 3.99. The molecule has 9 heteroatoms. The highest BCUT2D eigenvalue weighted by atomic mass is 35.5. The minimum atomic E-state index is -3.80. The summed E-state index contributed by atoms with van der Waals surface area (Å²) < 4.78 is 26.9. The number of fused-ring (bicyclic) bond motifs is 1. The molecule has 2 aromatic rings. The molecule has 3 rings (SSSR count). The van der Waals surface area contributed by atoms with Crippen LogP contribution in [0.5, 0.6) is 0 Å². The average molecular weight is 393 g/mol. The van der Waals surface area contributed by atoms with E-state index in [2.05, 4.69) is 4.99 Å². The van der Waals surface area contributed by atoms with Gasteiger partial charge in [-0.15, -0.1) is 12.4 Å². The topological polar surface area (TPSA) is 119 Å². The fourth-order valence-electron chi connectivity index (χ4n) is 2.58. The number of rotatable bonds is 2. The largest absolute Gasteiger partial charge is 0.370 e. The number of hydrogen-bond acceptors (Lipinski definition) is 3. The van der Waals surface area contributed by atoms with Gasteiger partial charge in [0.1, 0.15) is 0 Å². The number of aliphatic imine (C=N–C) groups is 1. The van der Waals surface area contributed by atoms with Gasteiger partial charge in [-0.25, -0.2) is 8.42 Å². The average Bonchev–Trinajstić information content (AvgIpc) is 2.58. The Kier molecular flexibility index (Phi) is 5.38. The van der Waals surface area contributed by atoms with E-state index in [4.69, 9.17) is 11.5 Å². The van der Waals surface area contributed by atoms with E-state index in [1.54, 1.807) is 12.1 Å². The van der Waals surface area contributed by atoms with Gasteiger partial charge in [0.2, 0.25) is 0 Å². The minimum Gasteiger partial charge on any atom is -0.370 e. The van der Waals surface area contributed by atoms with Crippen molar-refractivity contribution in [3.05, 3.63) is 65.2 Å². The Balaban J connectivity index is 0.00000243. The number of carbonyl (C=O) groups is 1. The van der Waals surface area contributed by atoms with Crippen molar-refractivity contribution in [2.45, 2.75) is 4.90 Å². The van der Waals surface area contributed by atoms with Gasteiger partial charge in [0.15, 0.2) is 5.96 Å². The van der Waals surface area contributed by atoms with Gasteiger partial charge in [-0.3, -0.25) is 9.10 Å². The molecule has 0 saturated heterocycles. The maximum atomic E-state index is 12.9. The van der Waals surface area contributed by atoms with Crippen LogP contribution in [0.3, 0.4) is 0 Å². The van der Waals surface area contributed by atoms with Gasteiger partial charge in [-0.2, -0.15) is 4.99 Å². The zero-order valence-electron chi connectivity index (χ0n) is 13.8. The summed E-state index contributed by atoms with van der Waals surface area (Å²) in [6, 6.07) is 13.5. The molecule has 0 spiro atoms. The molecule has 0 atom stereocenters. The third-order valence-electron chi connectivity index (χ3n) is 3.83. The summed E-state index contributed by atoms with van der Waals surface area (Å²) >= 11 is 0. The number of amides is 1. The lowest BCUT2D eigenvalue weighted by Gasteiger charge is -2.28. The van der Waals surface area contributed by atoms with Crippen molar-refractivity contribution < 1.29 is 13.2 Å². The van der Waals surface area contributed by atoms with E-state index >= 15 is 0 Å². The molecule has 0 fully saturated rings. The Morgan fingerprint density at radius 1 is 1.08 bits per heavy atom. The summed E-state index contributed by atoms with van der Waals surface area (Å²) in [5.74, 6) is -1.08. The molecule has 136 valence electrons. The van der Waals surface area contributed by atoms with Crippen molar-refractivity contribution in [3.63, 3.8) is 0 Å². The molecule has 4 N–H and O–H groups in total. The van der Waals surface area contributed by atoms with Crippen LogP contribution in [0.1, 0.15) is 21.5 Å². The summed E-state index contributed by atoms with van der Waals surface area (Å²) in [6.07, 6.45) is 1.76. The molecule has 1 aliphatic rings. The summed E-state index contributed by atoms with van der Waals surface area (Å²) in [5, 5.41) is 0. The third kappa shape index (κ3) is 3.42. The Bertz CT molecular complexity index is 1010. The fraction of sp³-hybridized carbons (Fsp3) is 0.0588. The molecule has 2 aromatic carbocycles. The van der Waals surface area contributed by atoms with Crippen LogP contribution < -0.4 is 11.5 Å². The van der Waals surface area contributed by atoms with Crippen LogP contribution in [0.25, 0.3) is 11.8 Å². The predicted octanol–water partition coefficient (Wildman–Crippen LogP) is 1.65. The normalized spacial score (nSPS) is 14.5. The molecule has 0 aliphatic carbocycles. The van der Waals surface area contributed by atoms with Gasteiger partial charge in [-0.05, 0) is 29.3 Å². The number of halogens is 1. The molecular weight excluding hydrogens is 376 g/mol. The molecule has 0 unspecified atom stereocenters. The zero-order valence-corrected chi connectivity index (χ0v) is 15.4. The van der Waals surface area contributed by atoms with Crippen molar-refractivity contribution in [1.29, 1.82) is 0 Å². The van der Waals surface area contributed by atoms with Gasteiger partial charge in [0.05, 0.1) is 10.6 Å². The molecule has 26 heavy (non-hydrogen) atoms. The molecule has 1 aliphatic heterocycles. The SMILES string of the molecule is CN1C(c2ccccc2)=Cc2ccc(C(=O)N=C(N)N)cc2S1(=O)=O.Cl. The molecule has 7 nitrogen and oxygen atoms in total. The van der Waals surface area contributed by atoms with Crippen molar-refractivity contribution >= 4 is 46.1 Å². The second-order valence-electron chi connectivity index (χ2n) is 5.46. The highest BCUT2D eigenvalue weighted by Crippen LogP contribution is 2.35. The first kappa shape index (κ1) is 19.5. The van der Waals surface area contributed by atoms with E-state index in [0.717, 1.165) is 5.56 Å². The number of nitrogens with zero attached hydrogens (tertiary/aromatic N) is 2. The molecular formula is C17H17ClN4O3S. The van der Waals surface area contributed by atoms with Crippen LogP contribution in [-0.4, -0.2) is 31.6 Å². The van der Waals surface area contributed by atoms with Gasteiger partial charge in [0.25, 0.3) is 15.9 Å². The lowest BCUT2D eigenvalue weighted by Crippen LogP contribution is -2.29. The van der Waals surface area contributed by atoms with E-state index in [1.807, 2.05) is 30.3 Å². The predicted molar refractivity (Wildman–Crippen MR) is 103 cm³/mol. The first-order valence-electron chi connectivity index (χ1n) is 7.35. The minimum absolute atomic E-state index is 0. The molecule has 0 aromatic heterocycles. The lowest BCUT2D eigenvalue weighted by molar-refractivity contribution is 0.100. The summed E-state index contributed by atoms with van der Waals surface area (Å²) in [6.45, 7) is 0. The van der Waals surface area contributed by atoms with E-state index < -0.39 is 15.9 Å². The highest BCUT2D eigenvalue weighted by Gasteiger charge is 2.31. The number of carbonyl (C=O) groups excluding carboxylic acids is 1. The number of guanidine groups is 1. The Morgan fingerprint density at radius 2 is 1.73 bits per heavy atom. The summed E-state index contributed by atoms with van der Waals surface area (Å²) in [4.78, 5) is 15.4. The smallest absolute Gasteiger partial charge is 0.280 e. The van der Waals surface area contributed by atoms with Crippen LogP contribution in [0.4, 0.5) is 0 Å². The quantitative estimate of drug-likeness (QED) is 0.595. The zero-order chi connectivity index (χ0) is 18.2. The van der Waals surface area contributed by atoms with Crippen LogP contribution in [0.15, 0.2) is 58.4 Å². The van der Waals surface area contributed by atoms with Crippen LogP contribution >= 0.6 is 12.4 Å². The Hall–Kier alpha value is -2.84. The molecule has 1 heterocycles. The van der Waals surface area contributed by atoms with Gasteiger partial charge >= 0.3 is 0 Å². The standard InChI is InChI=1S/C17H16N4O3S.ClH/c1-21-14(11-5-3-2-4-6-11)9-12-7-8-13(16(22)20-17(18)19)10-15(12)25(21,23)24;/h2-10H,1H3,(H4,18,19,20,22);1H. The van der Waals surface area contributed by atoms with Crippen molar-refractivity contribution in [2.75, 3.05) is 7.05 Å². The highest BCUT2D eigenvalue weighted by molar-refractivity contribution is 7.89. The van der Waals surface area contributed by atoms with Crippen molar-refractivity contribution in [3.8, 4) is 0 Å². The number of benzene rings is 2. The Labute approximate surface area is 157 Å². The molecule has 1 amide bonds. The van der Waals surface area contributed by atoms with Crippen molar-refractivity contribution in [1.82, 2.24) is 4.31 Å². The third-order valence-corrected chi connectivity index (χ3v) is 5.66. The van der Waals surface area contributed by atoms with Crippen molar-refractivity contribution in [2.24, 2.45) is 16.5 Å². The van der Waals surface area contributed by atoms with Crippen LogP contribution in [0, 0.1) is 0 Å². The molecule has 0 bridgehead atoms. The summed E-state index contributed by atoms with van der Waals surface area (Å²) in [5.41, 5.74) is 12.3. The van der Waals surface area contributed by atoms with E-state index in [0.29, 0.717) is 11.3 Å².